The Bertz CT molecular complexity index is 1480. The average molecular weight is 558 g/mol. The van der Waals surface area contributed by atoms with E-state index < -0.39 is 47.1 Å². The van der Waals surface area contributed by atoms with Crippen LogP contribution in [0, 0.1) is 11.6 Å². The molecule has 5 rings (SSSR count). The number of amides is 1. The number of hydrogen-bond acceptors (Lipinski definition) is 7. The molecule has 0 spiro atoms. The number of aliphatic hydroxyl groups is 1. The number of rotatable bonds is 7. The number of halogens is 4. The maximum atomic E-state index is 15.9. The lowest BCUT2D eigenvalue weighted by Crippen LogP contribution is -2.48. The summed E-state index contributed by atoms with van der Waals surface area (Å²) in [6.07, 6.45) is 1.24. The van der Waals surface area contributed by atoms with Crippen LogP contribution in [-0.4, -0.2) is 72.6 Å². The van der Waals surface area contributed by atoms with E-state index in [4.69, 9.17) is 5.11 Å². The first-order valence-corrected chi connectivity index (χ1v) is 12.1. The van der Waals surface area contributed by atoms with Gasteiger partial charge in [0, 0.05) is 55.3 Å². The molecule has 3 heterocycles. The number of tetrazole rings is 1. The molecule has 1 saturated heterocycles. The molecule has 1 aliphatic rings. The van der Waals surface area contributed by atoms with Crippen molar-refractivity contribution in [3.05, 3.63) is 90.0 Å². The number of carbonyl (C=O) groups is 1. The molecule has 0 saturated carbocycles. The molecule has 2 N–H and O–H groups in total. The molecule has 0 aliphatic carbocycles. The highest BCUT2D eigenvalue weighted by atomic mass is 19.3. The van der Waals surface area contributed by atoms with E-state index in [0.29, 0.717) is 43.4 Å². The summed E-state index contributed by atoms with van der Waals surface area (Å²) in [7, 11) is 0. The van der Waals surface area contributed by atoms with E-state index in [1.165, 1.54) is 17.2 Å². The Morgan fingerprint density at radius 1 is 0.950 bits per heavy atom. The van der Waals surface area contributed by atoms with Crippen molar-refractivity contribution in [2.24, 2.45) is 0 Å². The van der Waals surface area contributed by atoms with Gasteiger partial charge in [-0.3, -0.25) is 4.98 Å². The van der Waals surface area contributed by atoms with Crippen LogP contribution in [0.2, 0.25) is 0 Å². The fourth-order valence-corrected chi connectivity index (χ4v) is 4.65. The molecule has 1 aliphatic heterocycles. The number of benzene rings is 2. The molecule has 0 bridgehead atoms. The summed E-state index contributed by atoms with van der Waals surface area (Å²) in [5, 5.41) is 30.6. The zero-order valence-corrected chi connectivity index (χ0v) is 20.8. The zero-order valence-electron chi connectivity index (χ0n) is 20.8. The number of aromatic nitrogens is 5. The lowest BCUT2D eigenvalue weighted by Gasteiger charge is -2.35. The predicted octanol–water partition coefficient (Wildman–Crippen LogP) is 3.49. The lowest BCUT2D eigenvalue weighted by molar-refractivity contribution is -0.207. The summed E-state index contributed by atoms with van der Waals surface area (Å²) in [6, 6.07) is 11.6. The predicted molar refractivity (Wildman–Crippen MR) is 133 cm³/mol. The molecule has 40 heavy (non-hydrogen) atoms. The van der Waals surface area contributed by atoms with E-state index in [9.17, 15) is 18.7 Å². The number of hydrogen-bond donors (Lipinski definition) is 2. The monoisotopic (exact) mass is 557 g/mol. The highest BCUT2D eigenvalue weighted by molar-refractivity contribution is 5.67. The third-order valence-corrected chi connectivity index (χ3v) is 6.88. The number of nitrogens with zero attached hydrogens (tertiary/aromatic N) is 7. The highest BCUT2D eigenvalue weighted by Gasteiger charge is 2.58. The highest BCUT2D eigenvalue weighted by Crippen LogP contribution is 2.46. The molecule has 14 heteroatoms. The van der Waals surface area contributed by atoms with Crippen LogP contribution in [0.1, 0.15) is 11.3 Å². The van der Waals surface area contributed by atoms with Crippen LogP contribution < -0.4 is 4.90 Å². The van der Waals surface area contributed by atoms with Crippen molar-refractivity contribution in [2.45, 2.75) is 18.1 Å². The van der Waals surface area contributed by atoms with Gasteiger partial charge in [0.15, 0.2) is 5.60 Å². The van der Waals surface area contributed by atoms with Crippen molar-refractivity contribution in [1.82, 2.24) is 30.1 Å². The van der Waals surface area contributed by atoms with Crippen LogP contribution in [0.4, 0.5) is 28.0 Å². The van der Waals surface area contributed by atoms with Crippen LogP contribution in [0.3, 0.4) is 0 Å². The first-order valence-electron chi connectivity index (χ1n) is 12.1. The molecular formula is C26H23F4N7O3. The Morgan fingerprint density at radius 2 is 1.65 bits per heavy atom. The first kappa shape index (κ1) is 27.0. The maximum Gasteiger partial charge on any atom is 0.407 e. The number of anilines is 1. The summed E-state index contributed by atoms with van der Waals surface area (Å²) in [4.78, 5) is 18.4. The summed E-state index contributed by atoms with van der Waals surface area (Å²) in [5.74, 6) is -6.51. The van der Waals surface area contributed by atoms with Gasteiger partial charge >= 0.3 is 12.0 Å². The van der Waals surface area contributed by atoms with Gasteiger partial charge in [0.25, 0.3) is 0 Å². The number of carboxylic acid groups (broad SMARTS) is 1. The van der Waals surface area contributed by atoms with Crippen molar-refractivity contribution in [2.75, 3.05) is 31.1 Å². The zero-order chi connectivity index (χ0) is 28.5. The Morgan fingerprint density at radius 3 is 2.23 bits per heavy atom. The van der Waals surface area contributed by atoms with Crippen molar-refractivity contribution in [3.8, 4) is 11.1 Å². The second-order valence-corrected chi connectivity index (χ2v) is 9.30. The number of pyridine rings is 1. The van der Waals surface area contributed by atoms with Crippen LogP contribution in [0.15, 0.2) is 67.1 Å². The van der Waals surface area contributed by atoms with Crippen LogP contribution in [-0.2, 0) is 18.1 Å². The van der Waals surface area contributed by atoms with Gasteiger partial charge in [0.2, 0.25) is 0 Å². The minimum Gasteiger partial charge on any atom is -0.465 e. The molecule has 2 aromatic heterocycles. The molecule has 1 unspecified atom stereocenters. The minimum atomic E-state index is -4.15. The second kappa shape index (κ2) is 10.5. The Hall–Kier alpha value is -4.59. The first-order chi connectivity index (χ1) is 19.1. The normalized spacial score (nSPS) is 15.6. The van der Waals surface area contributed by atoms with Crippen molar-refractivity contribution < 1.29 is 32.6 Å². The standard InChI is InChI=1S/C26H23F4N7O3/c27-19-4-7-21(22(28)13-19)25(40,15-37-16-32-33-34-37)26(29,30)23-8-3-18(14-31-23)17-1-5-20(6-2-17)35-9-11-36(12-10-35)24(38)39/h1-8,13-14,16,40H,9-12,15H2,(H,38,39). The van der Waals surface area contributed by atoms with Gasteiger partial charge in [0.05, 0.1) is 6.54 Å². The topological polar surface area (TPSA) is 120 Å². The molecule has 208 valence electrons. The quantitative estimate of drug-likeness (QED) is 0.332. The van der Waals surface area contributed by atoms with Gasteiger partial charge in [-0.15, -0.1) is 5.10 Å². The molecule has 4 aromatic rings. The summed E-state index contributed by atoms with van der Waals surface area (Å²) >= 11 is 0. The molecule has 1 atom stereocenters. The molecule has 10 nitrogen and oxygen atoms in total. The summed E-state index contributed by atoms with van der Waals surface area (Å²) in [5.41, 5.74) is -2.83. The Balaban J connectivity index is 1.39. The summed E-state index contributed by atoms with van der Waals surface area (Å²) < 4.78 is 60.9. The third-order valence-electron chi connectivity index (χ3n) is 6.88. The van der Waals surface area contributed by atoms with Gasteiger partial charge < -0.3 is 20.0 Å². The van der Waals surface area contributed by atoms with Crippen molar-refractivity contribution in [1.29, 1.82) is 0 Å². The molecule has 0 radical (unpaired) electrons. The Labute approximate surface area is 225 Å². The lowest BCUT2D eigenvalue weighted by atomic mass is 9.84. The smallest absolute Gasteiger partial charge is 0.407 e. The van der Waals surface area contributed by atoms with Crippen LogP contribution in [0.5, 0.6) is 0 Å². The fraction of sp³-hybridized carbons (Fsp3) is 0.269. The van der Waals surface area contributed by atoms with E-state index >= 15 is 8.78 Å². The van der Waals surface area contributed by atoms with Gasteiger partial charge in [-0.2, -0.15) is 8.78 Å². The van der Waals surface area contributed by atoms with Crippen molar-refractivity contribution in [3.63, 3.8) is 0 Å². The molecular weight excluding hydrogens is 534 g/mol. The van der Waals surface area contributed by atoms with Gasteiger partial charge in [-0.25, -0.2) is 18.3 Å². The van der Waals surface area contributed by atoms with Crippen LogP contribution in [0.25, 0.3) is 11.1 Å². The largest absolute Gasteiger partial charge is 0.465 e. The van der Waals surface area contributed by atoms with Gasteiger partial charge in [-0.05, 0) is 46.3 Å². The second-order valence-electron chi connectivity index (χ2n) is 9.30. The summed E-state index contributed by atoms with van der Waals surface area (Å²) in [6.45, 7) is 0.913. The number of piperazine rings is 1. The van der Waals surface area contributed by atoms with E-state index in [-0.39, 0.29) is 0 Å². The molecule has 1 fully saturated rings. The minimum absolute atomic E-state index is 0.387. The van der Waals surface area contributed by atoms with E-state index in [1.54, 1.807) is 12.1 Å². The molecule has 1 amide bonds. The van der Waals surface area contributed by atoms with E-state index in [2.05, 4.69) is 20.5 Å². The maximum absolute atomic E-state index is 15.9. The third kappa shape index (κ3) is 5.04. The number of alkyl halides is 2. The fourth-order valence-electron chi connectivity index (χ4n) is 4.65. The van der Waals surface area contributed by atoms with Crippen LogP contribution >= 0.6 is 0 Å². The SMILES string of the molecule is O=C(O)N1CCN(c2ccc(-c3ccc(C(F)(F)C(O)(Cn4cnnn4)c4ccc(F)cc4F)nc3)cc2)CC1. The van der Waals surface area contributed by atoms with E-state index in [1.807, 2.05) is 17.0 Å². The Kier molecular flexibility index (Phi) is 7.10. The van der Waals surface area contributed by atoms with E-state index in [0.717, 1.165) is 34.9 Å². The van der Waals surface area contributed by atoms with Gasteiger partial charge in [-0.1, -0.05) is 18.2 Å². The average Bonchev–Trinajstić information content (AvgIpc) is 3.46. The van der Waals surface area contributed by atoms with Gasteiger partial charge in [0.1, 0.15) is 23.7 Å². The molecule has 2 aromatic carbocycles. The van der Waals surface area contributed by atoms with Crippen molar-refractivity contribution >= 4 is 11.8 Å².